The molecule has 0 spiro atoms. The summed E-state index contributed by atoms with van der Waals surface area (Å²) < 4.78 is 11.0. The average molecular weight is 332 g/mol. The average Bonchev–Trinajstić information content (AvgIpc) is 3.10. The monoisotopic (exact) mass is 332 g/mol. The fourth-order valence-corrected chi connectivity index (χ4v) is 3.65. The third kappa shape index (κ3) is 4.28. The molecule has 5 nitrogen and oxygen atoms in total. The maximum absolute atomic E-state index is 11.7. The molecular weight excluding hydrogens is 304 g/mol. The maximum Gasteiger partial charge on any atom is 0.409 e. The molecule has 0 aliphatic carbocycles. The van der Waals surface area contributed by atoms with Crippen molar-refractivity contribution in [3.05, 3.63) is 35.9 Å². The molecule has 132 valence electrons. The molecule has 1 N–H and O–H groups in total. The number of nitrogens with one attached hydrogen (secondary N) is 1. The van der Waals surface area contributed by atoms with E-state index in [4.69, 9.17) is 9.47 Å². The third-order valence-electron chi connectivity index (χ3n) is 5.03. The zero-order chi connectivity index (χ0) is 16.8. The lowest BCUT2D eigenvalue weighted by atomic mass is 9.94. The SMILES string of the molecule is CCOC(=O)N1CCC(NC[C@@H]2CCO[C@H]2c2ccccc2)CC1. The zero-order valence-electron chi connectivity index (χ0n) is 14.4. The largest absolute Gasteiger partial charge is 0.450 e. The van der Waals surface area contributed by atoms with Gasteiger partial charge in [-0.15, -0.1) is 0 Å². The third-order valence-corrected chi connectivity index (χ3v) is 5.03. The van der Waals surface area contributed by atoms with Crippen LogP contribution < -0.4 is 5.32 Å². The van der Waals surface area contributed by atoms with Gasteiger partial charge in [-0.25, -0.2) is 4.79 Å². The van der Waals surface area contributed by atoms with Gasteiger partial charge in [-0.2, -0.15) is 0 Å². The quantitative estimate of drug-likeness (QED) is 0.901. The van der Waals surface area contributed by atoms with Crippen LogP contribution >= 0.6 is 0 Å². The smallest absolute Gasteiger partial charge is 0.409 e. The molecule has 0 bridgehead atoms. The predicted octanol–water partition coefficient (Wildman–Crippen LogP) is 2.97. The molecule has 2 aliphatic rings. The highest BCUT2D eigenvalue weighted by molar-refractivity contribution is 5.67. The summed E-state index contributed by atoms with van der Waals surface area (Å²) in [7, 11) is 0. The summed E-state index contributed by atoms with van der Waals surface area (Å²) in [5.74, 6) is 0.524. The lowest BCUT2D eigenvalue weighted by Crippen LogP contribution is -2.46. The summed E-state index contributed by atoms with van der Waals surface area (Å²) in [4.78, 5) is 13.6. The number of carbonyl (C=O) groups is 1. The number of likely N-dealkylation sites (tertiary alicyclic amines) is 1. The Morgan fingerprint density at radius 1 is 1.25 bits per heavy atom. The molecule has 2 heterocycles. The molecule has 24 heavy (non-hydrogen) atoms. The van der Waals surface area contributed by atoms with E-state index in [1.165, 1.54) is 5.56 Å². The maximum atomic E-state index is 11.7. The Labute approximate surface area is 144 Å². The van der Waals surface area contributed by atoms with Gasteiger partial charge in [-0.3, -0.25) is 0 Å². The molecule has 0 unspecified atom stereocenters. The van der Waals surface area contributed by atoms with E-state index < -0.39 is 0 Å². The van der Waals surface area contributed by atoms with Gasteiger partial charge in [0.2, 0.25) is 0 Å². The van der Waals surface area contributed by atoms with Gasteiger partial charge in [0.15, 0.2) is 0 Å². The number of ether oxygens (including phenoxy) is 2. The first-order chi connectivity index (χ1) is 11.8. The zero-order valence-corrected chi connectivity index (χ0v) is 14.4. The van der Waals surface area contributed by atoms with Crippen LogP contribution in [0.5, 0.6) is 0 Å². The second kappa shape index (κ2) is 8.49. The van der Waals surface area contributed by atoms with E-state index >= 15 is 0 Å². The Kier molecular flexibility index (Phi) is 6.10. The highest BCUT2D eigenvalue weighted by Crippen LogP contribution is 2.34. The van der Waals surface area contributed by atoms with E-state index in [1.807, 2.05) is 17.9 Å². The summed E-state index contributed by atoms with van der Waals surface area (Å²) in [5.41, 5.74) is 1.28. The first kappa shape index (κ1) is 17.2. The van der Waals surface area contributed by atoms with E-state index in [9.17, 15) is 4.79 Å². The fraction of sp³-hybridized carbons (Fsp3) is 0.632. The Balaban J connectivity index is 1.44. The van der Waals surface area contributed by atoms with Crippen molar-refractivity contribution in [2.24, 2.45) is 5.92 Å². The van der Waals surface area contributed by atoms with Crippen molar-refractivity contribution in [2.75, 3.05) is 32.8 Å². The molecule has 0 saturated carbocycles. The van der Waals surface area contributed by atoms with Crippen LogP contribution in [0.1, 0.15) is 37.9 Å². The summed E-state index contributed by atoms with van der Waals surface area (Å²) >= 11 is 0. The van der Waals surface area contributed by atoms with Gasteiger partial charge in [0.25, 0.3) is 0 Å². The van der Waals surface area contributed by atoms with E-state index in [1.54, 1.807) is 0 Å². The highest BCUT2D eigenvalue weighted by atomic mass is 16.6. The first-order valence-corrected chi connectivity index (χ1v) is 9.09. The van der Waals surface area contributed by atoms with Gasteiger partial charge in [0, 0.05) is 38.2 Å². The Bertz CT molecular complexity index is 515. The van der Waals surface area contributed by atoms with Crippen molar-refractivity contribution in [2.45, 2.75) is 38.3 Å². The van der Waals surface area contributed by atoms with Crippen molar-refractivity contribution < 1.29 is 14.3 Å². The Hall–Kier alpha value is -1.59. The standard InChI is InChI=1S/C19H28N2O3/c1-2-23-19(22)21-11-8-17(9-12-21)20-14-16-10-13-24-18(16)15-6-4-3-5-7-15/h3-7,16-18,20H,2,8-14H2,1H3/t16-,18-/m0/s1. The Morgan fingerprint density at radius 3 is 2.71 bits per heavy atom. The molecule has 1 aromatic carbocycles. The molecule has 0 aromatic heterocycles. The summed E-state index contributed by atoms with van der Waals surface area (Å²) in [6.45, 7) is 5.66. The molecule has 2 saturated heterocycles. The van der Waals surface area contributed by atoms with Crippen molar-refractivity contribution in [1.29, 1.82) is 0 Å². The molecular formula is C19H28N2O3. The number of piperidine rings is 1. The lowest BCUT2D eigenvalue weighted by molar-refractivity contribution is 0.0855. The van der Waals surface area contributed by atoms with Crippen molar-refractivity contribution in [3.8, 4) is 0 Å². The van der Waals surface area contributed by atoms with Crippen LogP contribution in [0.15, 0.2) is 30.3 Å². The molecule has 2 fully saturated rings. The molecule has 1 aromatic rings. The minimum absolute atomic E-state index is 0.177. The summed E-state index contributed by atoms with van der Waals surface area (Å²) in [6, 6.07) is 11.0. The van der Waals surface area contributed by atoms with E-state index in [0.29, 0.717) is 18.6 Å². The number of hydrogen-bond acceptors (Lipinski definition) is 4. The van der Waals surface area contributed by atoms with Gasteiger partial charge in [-0.1, -0.05) is 30.3 Å². The molecule has 1 amide bonds. The van der Waals surface area contributed by atoms with Gasteiger partial charge in [0.1, 0.15) is 0 Å². The highest BCUT2D eigenvalue weighted by Gasteiger charge is 2.30. The van der Waals surface area contributed by atoms with E-state index in [0.717, 1.165) is 45.5 Å². The fourth-order valence-electron chi connectivity index (χ4n) is 3.65. The molecule has 2 atom stereocenters. The minimum atomic E-state index is -0.177. The lowest BCUT2D eigenvalue weighted by Gasteiger charge is -2.32. The number of rotatable bonds is 5. The van der Waals surface area contributed by atoms with Crippen LogP contribution in [-0.2, 0) is 9.47 Å². The predicted molar refractivity (Wildman–Crippen MR) is 92.9 cm³/mol. The number of nitrogens with zero attached hydrogens (tertiary/aromatic N) is 1. The van der Waals surface area contributed by atoms with E-state index in [-0.39, 0.29) is 12.2 Å². The van der Waals surface area contributed by atoms with E-state index in [2.05, 4.69) is 29.6 Å². The van der Waals surface area contributed by atoms with Crippen LogP contribution in [-0.4, -0.2) is 49.9 Å². The normalized spacial score (nSPS) is 25.0. The van der Waals surface area contributed by atoms with Crippen LogP contribution in [0.4, 0.5) is 4.79 Å². The molecule has 3 rings (SSSR count). The molecule has 5 heteroatoms. The van der Waals surface area contributed by atoms with Crippen LogP contribution in [0.2, 0.25) is 0 Å². The van der Waals surface area contributed by atoms with Crippen LogP contribution in [0.25, 0.3) is 0 Å². The van der Waals surface area contributed by atoms with Gasteiger partial charge < -0.3 is 19.7 Å². The van der Waals surface area contributed by atoms with Gasteiger partial charge in [-0.05, 0) is 31.7 Å². The molecule has 2 aliphatic heterocycles. The molecule has 0 radical (unpaired) electrons. The number of amides is 1. The number of hydrogen-bond donors (Lipinski definition) is 1. The Morgan fingerprint density at radius 2 is 2.00 bits per heavy atom. The summed E-state index contributed by atoms with van der Waals surface area (Å²) in [6.07, 6.45) is 3.11. The topological polar surface area (TPSA) is 50.8 Å². The van der Waals surface area contributed by atoms with Crippen LogP contribution in [0.3, 0.4) is 0 Å². The minimum Gasteiger partial charge on any atom is -0.450 e. The van der Waals surface area contributed by atoms with Crippen molar-refractivity contribution >= 4 is 6.09 Å². The van der Waals surface area contributed by atoms with Crippen molar-refractivity contribution in [3.63, 3.8) is 0 Å². The second-order valence-electron chi connectivity index (χ2n) is 6.62. The van der Waals surface area contributed by atoms with Crippen LogP contribution in [0, 0.1) is 5.92 Å². The first-order valence-electron chi connectivity index (χ1n) is 9.09. The summed E-state index contributed by atoms with van der Waals surface area (Å²) in [5, 5.41) is 3.70. The van der Waals surface area contributed by atoms with Gasteiger partial charge >= 0.3 is 6.09 Å². The number of benzene rings is 1. The van der Waals surface area contributed by atoms with Crippen molar-refractivity contribution in [1.82, 2.24) is 10.2 Å². The van der Waals surface area contributed by atoms with Gasteiger partial charge in [0.05, 0.1) is 12.7 Å². The number of carbonyl (C=O) groups excluding carboxylic acids is 1. The second-order valence-corrected chi connectivity index (χ2v) is 6.62.